The zero-order valence-electron chi connectivity index (χ0n) is 24.3. The lowest BCUT2D eigenvalue weighted by molar-refractivity contribution is -0.139. The molecule has 8 nitrogen and oxygen atoms in total. The number of amides is 2. The van der Waals surface area contributed by atoms with Gasteiger partial charge in [0.2, 0.25) is 11.8 Å². The number of carbonyl (C=O) groups excluding carboxylic acids is 2. The van der Waals surface area contributed by atoms with Gasteiger partial charge in [-0.1, -0.05) is 61.4 Å². The molecule has 2 amide bonds. The highest BCUT2D eigenvalue weighted by molar-refractivity contribution is 9.10. The molecule has 3 aromatic rings. The molecule has 0 aromatic heterocycles. The van der Waals surface area contributed by atoms with Crippen molar-refractivity contribution in [1.29, 1.82) is 0 Å². The van der Waals surface area contributed by atoms with E-state index in [1.54, 1.807) is 37.3 Å². The minimum atomic E-state index is -4.19. The fourth-order valence-corrected chi connectivity index (χ4v) is 6.35. The molecule has 41 heavy (non-hydrogen) atoms. The Morgan fingerprint density at radius 3 is 2.22 bits per heavy atom. The Balaban J connectivity index is 2.04. The van der Waals surface area contributed by atoms with Crippen molar-refractivity contribution in [2.75, 3.05) is 24.5 Å². The van der Waals surface area contributed by atoms with Crippen molar-refractivity contribution < 1.29 is 22.7 Å². The molecule has 0 heterocycles. The molecule has 0 spiro atoms. The maximum absolute atomic E-state index is 14.0. The first-order chi connectivity index (χ1) is 19.3. The highest BCUT2D eigenvalue weighted by Crippen LogP contribution is 2.31. The normalized spacial score (nSPS) is 12.1. The number of nitrogens with zero attached hydrogens (tertiary/aromatic N) is 2. The van der Waals surface area contributed by atoms with Gasteiger partial charge >= 0.3 is 0 Å². The van der Waals surface area contributed by atoms with E-state index in [1.165, 1.54) is 24.1 Å². The Labute approximate surface area is 251 Å². The van der Waals surface area contributed by atoms with Gasteiger partial charge in [-0.05, 0) is 78.5 Å². The summed E-state index contributed by atoms with van der Waals surface area (Å²) in [4.78, 5) is 28.6. The maximum Gasteiger partial charge on any atom is 0.264 e. The first-order valence-electron chi connectivity index (χ1n) is 13.4. The zero-order valence-corrected chi connectivity index (χ0v) is 26.8. The number of methoxy groups -OCH3 is 1. The van der Waals surface area contributed by atoms with Crippen LogP contribution in [0, 0.1) is 19.8 Å². The number of sulfonamides is 1. The number of hydrogen-bond acceptors (Lipinski definition) is 5. The molecule has 0 aliphatic carbocycles. The van der Waals surface area contributed by atoms with E-state index in [0.29, 0.717) is 22.5 Å². The van der Waals surface area contributed by atoms with Gasteiger partial charge < -0.3 is 15.0 Å². The first-order valence-corrected chi connectivity index (χ1v) is 15.6. The van der Waals surface area contributed by atoms with E-state index in [4.69, 9.17) is 4.74 Å². The predicted molar refractivity (Wildman–Crippen MR) is 165 cm³/mol. The number of halogens is 1. The third-order valence-electron chi connectivity index (χ3n) is 6.60. The standard InChI is InChI=1S/C31H38BrN3O5S/c1-21(2)18-33-31(37)24(5)34(19-25-9-7-8-23(4)16-25)30(36)20-35(26-12-10-22(3)11-13-26)41(38,39)27-14-15-29(40-6)28(32)17-27/h7-17,21,24H,18-20H2,1-6H3,(H,33,37)/t24-/m0/s1. The van der Waals surface area contributed by atoms with Gasteiger partial charge in [0.25, 0.3) is 10.0 Å². The lowest BCUT2D eigenvalue weighted by Gasteiger charge is -2.32. The molecule has 0 saturated heterocycles. The van der Waals surface area contributed by atoms with Crippen molar-refractivity contribution in [2.24, 2.45) is 5.92 Å². The number of anilines is 1. The number of nitrogens with one attached hydrogen (secondary N) is 1. The van der Waals surface area contributed by atoms with E-state index >= 15 is 0 Å². The largest absolute Gasteiger partial charge is 0.496 e. The molecule has 0 bridgehead atoms. The average Bonchev–Trinajstić information content (AvgIpc) is 2.93. The molecule has 1 atom stereocenters. The summed E-state index contributed by atoms with van der Waals surface area (Å²) in [6, 6.07) is 18.2. The fourth-order valence-electron chi connectivity index (χ4n) is 4.22. The zero-order chi connectivity index (χ0) is 30.3. The minimum absolute atomic E-state index is 0.00786. The quantitative estimate of drug-likeness (QED) is 0.283. The Morgan fingerprint density at radius 2 is 1.63 bits per heavy atom. The fraction of sp³-hybridized carbons (Fsp3) is 0.355. The molecule has 0 aliphatic rings. The molecule has 3 aromatic carbocycles. The molecule has 0 saturated carbocycles. The molecule has 0 unspecified atom stereocenters. The van der Waals surface area contributed by atoms with E-state index in [9.17, 15) is 18.0 Å². The van der Waals surface area contributed by atoms with Gasteiger partial charge in [0, 0.05) is 13.1 Å². The summed E-state index contributed by atoms with van der Waals surface area (Å²) in [5.74, 6) is -0.0931. The van der Waals surface area contributed by atoms with Crippen LogP contribution >= 0.6 is 15.9 Å². The number of hydrogen-bond donors (Lipinski definition) is 1. The highest BCUT2D eigenvalue weighted by atomic mass is 79.9. The van der Waals surface area contributed by atoms with Crippen LogP contribution in [0.5, 0.6) is 5.75 Å². The van der Waals surface area contributed by atoms with Crippen LogP contribution in [0.15, 0.2) is 76.1 Å². The SMILES string of the molecule is COc1ccc(S(=O)(=O)N(CC(=O)N(Cc2cccc(C)c2)[C@@H](C)C(=O)NCC(C)C)c2ccc(C)cc2)cc1Br. The van der Waals surface area contributed by atoms with Crippen LogP contribution in [-0.2, 0) is 26.2 Å². The lowest BCUT2D eigenvalue weighted by Crippen LogP contribution is -2.51. The highest BCUT2D eigenvalue weighted by Gasteiger charge is 2.33. The Hall–Kier alpha value is -3.37. The topological polar surface area (TPSA) is 96.0 Å². The van der Waals surface area contributed by atoms with Gasteiger partial charge in [-0.2, -0.15) is 0 Å². The van der Waals surface area contributed by atoms with Crippen molar-refractivity contribution in [3.63, 3.8) is 0 Å². The number of benzene rings is 3. The van der Waals surface area contributed by atoms with Gasteiger partial charge in [0.1, 0.15) is 18.3 Å². The maximum atomic E-state index is 14.0. The molecule has 10 heteroatoms. The summed E-state index contributed by atoms with van der Waals surface area (Å²) in [6.07, 6.45) is 0. The molecule has 220 valence electrons. The second kappa shape index (κ2) is 14.0. The average molecular weight is 645 g/mol. The predicted octanol–water partition coefficient (Wildman–Crippen LogP) is 5.46. The van der Waals surface area contributed by atoms with Gasteiger partial charge in [0.05, 0.1) is 22.2 Å². The first kappa shape index (κ1) is 32.1. The van der Waals surface area contributed by atoms with Crippen LogP contribution in [0.4, 0.5) is 5.69 Å². The van der Waals surface area contributed by atoms with Gasteiger partial charge in [-0.25, -0.2) is 8.42 Å². The van der Waals surface area contributed by atoms with Crippen molar-refractivity contribution in [2.45, 2.75) is 52.1 Å². The Bertz CT molecular complexity index is 1480. The monoisotopic (exact) mass is 643 g/mol. The lowest BCUT2D eigenvalue weighted by atomic mass is 10.1. The Kier molecular flexibility index (Phi) is 11.0. The summed E-state index contributed by atoms with van der Waals surface area (Å²) in [5.41, 5.74) is 3.14. The molecule has 0 radical (unpaired) electrons. The second-order valence-corrected chi connectivity index (χ2v) is 13.2. The molecule has 1 N–H and O–H groups in total. The summed E-state index contributed by atoms with van der Waals surface area (Å²) < 4.78 is 34.9. The number of aryl methyl sites for hydroxylation is 2. The van der Waals surface area contributed by atoms with E-state index in [-0.39, 0.29) is 23.3 Å². The molecule has 0 aliphatic heterocycles. The molecular formula is C31H38BrN3O5S. The van der Waals surface area contributed by atoms with Crippen molar-refractivity contribution in [3.8, 4) is 5.75 Å². The number of carbonyl (C=O) groups is 2. The summed E-state index contributed by atoms with van der Waals surface area (Å²) in [6.45, 7) is 9.60. The van der Waals surface area contributed by atoms with Crippen LogP contribution in [0.1, 0.15) is 37.5 Å². The third kappa shape index (κ3) is 8.33. The van der Waals surface area contributed by atoms with Crippen LogP contribution in [0.2, 0.25) is 0 Å². The number of rotatable bonds is 12. The summed E-state index contributed by atoms with van der Waals surface area (Å²) >= 11 is 3.36. The molecular weight excluding hydrogens is 606 g/mol. The van der Waals surface area contributed by atoms with Crippen molar-refractivity contribution in [3.05, 3.63) is 87.9 Å². The van der Waals surface area contributed by atoms with Crippen LogP contribution < -0.4 is 14.4 Å². The van der Waals surface area contributed by atoms with Crippen molar-refractivity contribution >= 4 is 43.5 Å². The molecule has 0 fully saturated rings. The van der Waals surface area contributed by atoms with Crippen LogP contribution in [0.3, 0.4) is 0 Å². The Morgan fingerprint density at radius 1 is 0.951 bits per heavy atom. The van der Waals surface area contributed by atoms with E-state index in [0.717, 1.165) is 21.0 Å². The van der Waals surface area contributed by atoms with Crippen LogP contribution in [-0.4, -0.2) is 51.4 Å². The minimum Gasteiger partial charge on any atom is -0.496 e. The summed E-state index contributed by atoms with van der Waals surface area (Å²) in [7, 11) is -2.70. The summed E-state index contributed by atoms with van der Waals surface area (Å²) in [5, 5.41) is 2.90. The van der Waals surface area contributed by atoms with E-state index in [1.807, 2.05) is 52.0 Å². The van der Waals surface area contributed by atoms with Gasteiger partial charge in [-0.3, -0.25) is 13.9 Å². The second-order valence-electron chi connectivity index (χ2n) is 10.5. The van der Waals surface area contributed by atoms with Gasteiger partial charge in [-0.15, -0.1) is 0 Å². The van der Waals surface area contributed by atoms with Crippen LogP contribution in [0.25, 0.3) is 0 Å². The molecule has 3 rings (SSSR count). The van der Waals surface area contributed by atoms with Crippen molar-refractivity contribution in [1.82, 2.24) is 10.2 Å². The van der Waals surface area contributed by atoms with E-state index < -0.39 is 28.5 Å². The van der Waals surface area contributed by atoms with E-state index in [2.05, 4.69) is 21.2 Å². The third-order valence-corrected chi connectivity index (χ3v) is 8.99. The smallest absolute Gasteiger partial charge is 0.264 e. The number of ether oxygens (including phenoxy) is 1. The van der Waals surface area contributed by atoms with Gasteiger partial charge in [0.15, 0.2) is 0 Å².